The highest BCUT2D eigenvalue weighted by atomic mass is 35.5. The van der Waals surface area contributed by atoms with Crippen LogP contribution in [0.4, 0.5) is 5.69 Å². The number of rotatable bonds is 7. The molecule has 21 heavy (non-hydrogen) atoms. The fourth-order valence-corrected chi connectivity index (χ4v) is 1.83. The second-order valence-electron chi connectivity index (χ2n) is 4.31. The van der Waals surface area contributed by atoms with E-state index in [-0.39, 0.29) is 27.8 Å². The summed E-state index contributed by atoms with van der Waals surface area (Å²) >= 11 is 11.7. The highest BCUT2D eigenvalue weighted by molar-refractivity contribution is 6.44. The quantitative estimate of drug-likeness (QED) is 0.359. The number of non-ortho nitro benzene ring substituents is 1. The maximum absolute atomic E-state index is 11.9. The third-order valence-corrected chi connectivity index (χ3v) is 3.15. The Balaban J connectivity index is 2.69. The summed E-state index contributed by atoms with van der Waals surface area (Å²) in [6.45, 7) is 6.43. The topological polar surface area (TPSA) is 81.5 Å². The van der Waals surface area contributed by atoms with Crippen molar-refractivity contribution in [3.63, 3.8) is 0 Å². The molecule has 0 aromatic heterocycles. The number of nitrogens with zero attached hydrogens (tertiary/aromatic N) is 1. The van der Waals surface area contributed by atoms with Crippen molar-refractivity contribution < 1.29 is 14.5 Å². The molecule has 0 saturated carbocycles. The molecule has 0 aliphatic rings. The van der Waals surface area contributed by atoms with Crippen molar-refractivity contribution in [2.75, 3.05) is 19.8 Å². The van der Waals surface area contributed by atoms with Crippen molar-refractivity contribution in [2.45, 2.75) is 6.92 Å². The van der Waals surface area contributed by atoms with Gasteiger partial charge in [-0.2, -0.15) is 0 Å². The molecule has 1 aromatic rings. The predicted molar refractivity (Wildman–Crippen MR) is 81.1 cm³/mol. The van der Waals surface area contributed by atoms with E-state index in [4.69, 9.17) is 27.9 Å². The summed E-state index contributed by atoms with van der Waals surface area (Å²) in [4.78, 5) is 22.0. The molecule has 6 nitrogen and oxygen atoms in total. The van der Waals surface area contributed by atoms with Gasteiger partial charge < -0.3 is 10.1 Å². The fourth-order valence-electron chi connectivity index (χ4n) is 1.42. The first-order valence-electron chi connectivity index (χ1n) is 5.96. The lowest BCUT2D eigenvalue weighted by Gasteiger charge is -2.08. The van der Waals surface area contributed by atoms with Gasteiger partial charge in [-0.1, -0.05) is 35.4 Å². The number of hydrogen-bond acceptors (Lipinski definition) is 4. The molecule has 8 heteroatoms. The van der Waals surface area contributed by atoms with Crippen LogP contribution >= 0.6 is 23.2 Å². The maximum atomic E-state index is 11.9. The Morgan fingerprint density at radius 2 is 2.14 bits per heavy atom. The SMILES string of the molecule is C=C(C)COCCNC(=O)c1cc([N+](=O)[O-])cc(Cl)c1Cl. The molecule has 0 atom stereocenters. The normalized spacial score (nSPS) is 10.2. The number of carbonyl (C=O) groups excluding carboxylic acids is 1. The van der Waals surface area contributed by atoms with Gasteiger partial charge in [0.15, 0.2) is 0 Å². The van der Waals surface area contributed by atoms with Crippen molar-refractivity contribution in [1.29, 1.82) is 0 Å². The number of nitrogens with one attached hydrogen (secondary N) is 1. The Kier molecular flexibility index (Phi) is 6.61. The molecule has 0 saturated heterocycles. The zero-order valence-corrected chi connectivity index (χ0v) is 12.8. The average molecular weight is 333 g/mol. The summed E-state index contributed by atoms with van der Waals surface area (Å²) in [6, 6.07) is 2.18. The minimum atomic E-state index is -0.644. The van der Waals surface area contributed by atoms with Crippen LogP contribution in [0.1, 0.15) is 17.3 Å². The van der Waals surface area contributed by atoms with Crippen LogP contribution in [0.3, 0.4) is 0 Å². The van der Waals surface area contributed by atoms with E-state index >= 15 is 0 Å². The molecule has 0 aliphatic heterocycles. The van der Waals surface area contributed by atoms with Crippen LogP contribution in [0, 0.1) is 10.1 Å². The van der Waals surface area contributed by atoms with Gasteiger partial charge in [0.1, 0.15) is 0 Å². The first-order chi connectivity index (χ1) is 9.82. The standard InChI is InChI=1S/C13H14Cl2N2O4/c1-8(2)7-21-4-3-16-13(18)10-5-9(17(19)20)6-11(14)12(10)15/h5-6H,1,3-4,7H2,2H3,(H,16,18). The molecular formula is C13H14Cl2N2O4. The Bertz CT molecular complexity index is 576. The molecule has 0 radical (unpaired) electrons. The third-order valence-electron chi connectivity index (χ3n) is 2.35. The van der Waals surface area contributed by atoms with Crippen LogP contribution in [0.25, 0.3) is 0 Å². The van der Waals surface area contributed by atoms with Gasteiger partial charge >= 0.3 is 0 Å². The van der Waals surface area contributed by atoms with Gasteiger partial charge in [0.05, 0.1) is 33.7 Å². The molecule has 1 amide bonds. The summed E-state index contributed by atoms with van der Waals surface area (Å²) in [5.41, 5.74) is 0.527. The van der Waals surface area contributed by atoms with Gasteiger partial charge in [0.2, 0.25) is 0 Å². The van der Waals surface area contributed by atoms with E-state index in [1.807, 2.05) is 6.92 Å². The number of hydrogen-bond donors (Lipinski definition) is 1. The molecule has 0 fully saturated rings. The Hall–Kier alpha value is -1.63. The van der Waals surface area contributed by atoms with E-state index in [0.29, 0.717) is 13.2 Å². The summed E-state index contributed by atoms with van der Waals surface area (Å²) < 4.78 is 5.22. The number of carbonyl (C=O) groups is 1. The summed E-state index contributed by atoms with van der Waals surface area (Å²) in [5, 5.41) is 13.2. The lowest BCUT2D eigenvalue weighted by atomic mass is 10.2. The molecular weight excluding hydrogens is 319 g/mol. The van der Waals surface area contributed by atoms with E-state index in [1.165, 1.54) is 0 Å². The highest BCUT2D eigenvalue weighted by Gasteiger charge is 2.19. The first kappa shape index (κ1) is 17.4. The van der Waals surface area contributed by atoms with Gasteiger partial charge in [-0.15, -0.1) is 0 Å². The zero-order valence-electron chi connectivity index (χ0n) is 11.3. The van der Waals surface area contributed by atoms with Gasteiger partial charge in [-0.05, 0) is 6.92 Å². The molecule has 0 spiro atoms. The monoisotopic (exact) mass is 332 g/mol. The highest BCUT2D eigenvalue weighted by Crippen LogP contribution is 2.30. The third kappa shape index (κ3) is 5.34. The average Bonchev–Trinajstić information content (AvgIpc) is 2.40. The Morgan fingerprint density at radius 1 is 1.48 bits per heavy atom. The minimum Gasteiger partial charge on any atom is -0.375 e. The molecule has 0 aliphatic carbocycles. The van der Waals surface area contributed by atoms with Crippen molar-refractivity contribution in [3.05, 3.63) is 50.0 Å². The molecule has 1 rings (SSSR count). The van der Waals surface area contributed by atoms with Crippen molar-refractivity contribution >= 4 is 34.8 Å². The lowest BCUT2D eigenvalue weighted by molar-refractivity contribution is -0.384. The smallest absolute Gasteiger partial charge is 0.271 e. The maximum Gasteiger partial charge on any atom is 0.271 e. The van der Waals surface area contributed by atoms with E-state index in [2.05, 4.69) is 11.9 Å². The van der Waals surface area contributed by atoms with E-state index in [9.17, 15) is 14.9 Å². The van der Waals surface area contributed by atoms with E-state index in [1.54, 1.807) is 0 Å². The number of benzene rings is 1. The number of ether oxygens (including phenoxy) is 1. The van der Waals surface area contributed by atoms with Gasteiger partial charge in [-0.3, -0.25) is 14.9 Å². The predicted octanol–water partition coefficient (Wildman–Crippen LogP) is 3.22. The Morgan fingerprint density at radius 3 is 2.71 bits per heavy atom. The molecule has 0 bridgehead atoms. The number of nitro benzene ring substituents is 1. The van der Waals surface area contributed by atoms with Crippen molar-refractivity contribution in [3.8, 4) is 0 Å². The lowest BCUT2D eigenvalue weighted by Crippen LogP contribution is -2.27. The van der Waals surface area contributed by atoms with Gasteiger partial charge in [0.25, 0.3) is 11.6 Å². The minimum absolute atomic E-state index is 0.0254. The second kappa shape index (κ2) is 7.97. The number of nitro groups is 1. The zero-order chi connectivity index (χ0) is 16.0. The van der Waals surface area contributed by atoms with Crippen LogP contribution in [0.5, 0.6) is 0 Å². The van der Waals surface area contributed by atoms with Gasteiger partial charge in [-0.25, -0.2) is 0 Å². The largest absolute Gasteiger partial charge is 0.375 e. The second-order valence-corrected chi connectivity index (χ2v) is 5.10. The number of halogens is 2. The molecule has 1 aromatic carbocycles. The van der Waals surface area contributed by atoms with Crippen LogP contribution in [0.2, 0.25) is 10.0 Å². The molecule has 0 heterocycles. The summed E-state index contributed by atoms with van der Waals surface area (Å²) in [7, 11) is 0. The molecule has 114 valence electrons. The van der Waals surface area contributed by atoms with E-state index < -0.39 is 10.8 Å². The Labute approximate surface area is 131 Å². The van der Waals surface area contributed by atoms with Crippen LogP contribution in [-0.2, 0) is 4.74 Å². The fraction of sp³-hybridized carbons (Fsp3) is 0.308. The van der Waals surface area contributed by atoms with Gasteiger partial charge in [0, 0.05) is 18.7 Å². The van der Waals surface area contributed by atoms with Crippen LogP contribution in [-0.4, -0.2) is 30.6 Å². The first-order valence-corrected chi connectivity index (χ1v) is 6.72. The van der Waals surface area contributed by atoms with Crippen LogP contribution in [0.15, 0.2) is 24.3 Å². The van der Waals surface area contributed by atoms with E-state index in [0.717, 1.165) is 17.7 Å². The van der Waals surface area contributed by atoms with Crippen molar-refractivity contribution in [1.82, 2.24) is 5.32 Å². The molecule has 1 N–H and O–H groups in total. The molecule has 0 unspecified atom stereocenters. The summed E-state index contributed by atoms with van der Waals surface area (Å²) in [5.74, 6) is -0.551. The van der Waals surface area contributed by atoms with Crippen molar-refractivity contribution in [2.24, 2.45) is 0 Å². The summed E-state index contributed by atoms with van der Waals surface area (Å²) in [6.07, 6.45) is 0. The van der Waals surface area contributed by atoms with Crippen LogP contribution < -0.4 is 5.32 Å². The number of amides is 1.